The van der Waals surface area contributed by atoms with Gasteiger partial charge in [-0.2, -0.15) is 0 Å². The van der Waals surface area contributed by atoms with Crippen molar-refractivity contribution in [3.8, 4) is 0 Å². The van der Waals surface area contributed by atoms with Gasteiger partial charge in [-0.05, 0) is 52.0 Å². The molecule has 1 aromatic rings. The van der Waals surface area contributed by atoms with Gasteiger partial charge in [0, 0.05) is 18.0 Å². The molecule has 120 valence electrons. The van der Waals surface area contributed by atoms with Crippen LogP contribution in [0.4, 0.5) is 0 Å². The highest BCUT2D eigenvalue weighted by atomic mass is 32.1. The molecule has 4 heteroatoms. The number of aromatic nitrogens is 1. The standard InChI is InChI=1S/C17H30N2OS/c1-5-7-14-15(12-18-4)21-16(19-14)17(20-6-2)10-8-13(3)9-11-17/h13,18H,5-12H2,1-4H3. The van der Waals surface area contributed by atoms with E-state index in [2.05, 4.69) is 26.1 Å². The highest BCUT2D eigenvalue weighted by Gasteiger charge is 2.39. The molecule has 0 radical (unpaired) electrons. The predicted octanol–water partition coefficient (Wildman–Crippen LogP) is 4.26. The minimum Gasteiger partial charge on any atom is -0.368 e. The summed E-state index contributed by atoms with van der Waals surface area (Å²) in [6.45, 7) is 8.38. The summed E-state index contributed by atoms with van der Waals surface area (Å²) in [6, 6.07) is 0. The van der Waals surface area contributed by atoms with Crippen LogP contribution in [-0.4, -0.2) is 18.6 Å². The summed E-state index contributed by atoms with van der Waals surface area (Å²) >= 11 is 1.87. The van der Waals surface area contributed by atoms with Gasteiger partial charge in [0.25, 0.3) is 0 Å². The van der Waals surface area contributed by atoms with Crippen molar-refractivity contribution < 1.29 is 4.74 Å². The Kier molecular flexibility index (Phi) is 6.20. The second-order valence-electron chi connectivity index (χ2n) is 6.28. The zero-order chi connectivity index (χ0) is 15.3. The van der Waals surface area contributed by atoms with Crippen molar-refractivity contribution in [1.29, 1.82) is 0 Å². The third-order valence-electron chi connectivity index (χ3n) is 4.49. The summed E-state index contributed by atoms with van der Waals surface area (Å²) in [4.78, 5) is 6.41. The average molecular weight is 311 g/mol. The van der Waals surface area contributed by atoms with Crippen molar-refractivity contribution in [1.82, 2.24) is 10.3 Å². The summed E-state index contributed by atoms with van der Waals surface area (Å²) in [7, 11) is 2.01. The van der Waals surface area contributed by atoms with Gasteiger partial charge in [-0.15, -0.1) is 11.3 Å². The SMILES string of the molecule is CCCc1nc(C2(OCC)CCC(C)CC2)sc1CNC. The number of thiazole rings is 1. The van der Waals surface area contributed by atoms with E-state index in [1.807, 2.05) is 18.4 Å². The summed E-state index contributed by atoms with van der Waals surface area (Å²) in [6.07, 6.45) is 6.99. The summed E-state index contributed by atoms with van der Waals surface area (Å²) in [5, 5.41) is 4.51. The van der Waals surface area contributed by atoms with Gasteiger partial charge in [0.15, 0.2) is 0 Å². The van der Waals surface area contributed by atoms with Crippen LogP contribution in [0.5, 0.6) is 0 Å². The second-order valence-corrected chi connectivity index (χ2v) is 7.36. The molecule has 0 aliphatic heterocycles. The third kappa shape index (κ3) is 3.85. The molecule has 0 spiro atoms. The Balaban J connectivity index is 2.29. The van der Waals surface area contributed by atoms with Crippen LogP contribution in [0.15, 0.2) is 0 Å². The Labute approximate surface area is 133 Å². The van der Waals surface area contributed by atoms with E-state index in [1.165, 1.54) is 28.4 Å². The van der Waals surface area contributed by atoms with Crippen LogP contribution in [-0.2, 0) is 23.3 Å². The van der Waals surface area contributed by atoms with Crippen molar-refractivity contribution >= 4 is 11.3 Å². The van der Waals surface area contributed by atoms with Gasteiger partial charge in [0.2, 0.25) is 0 Å². The fraction of sp³-hybridized carbons (Fsp3) is 0.824. The van der Waals surface area contributed by atoms with Gasteiger partial charge in [-0.3, -0.25) is 0 Å². The Morgan fingerprint density at radius 3 is 2.62 bits per heavy atom. The normalized spacial score (nSPS) is 26.2. The summed E-state index contributed by atoms with van der Waals surface area (Å²) in [5.41, 5.74) is 1.17. The second kappa shape index (κ2) is 7.70. The first-order chi connectivity index (χ1) is 10.1. The number of hydrogen-bond acceptors (Lipinski definition) is 4. The van der Waals surface area contributed by atoms with Gasteiger partial charge in [0.05, 0.1) is 5.69 Å². The lowest BCUT2D eigenvalue weighted by atomic mass is 9.79. The van der Waals surface area contributed by atoms with E-state index in [0.29, 0.717) is 0 Å². The maximum absolute atomic E-state index is 6.26. The molecule has 0 amide bonds. The van der Waals surface area contributed by atoms with E-state index in [0.717, 1.165) is 44.8 Å². The van der Waals surface area contributed by atoms with Gasteiger partial charge in [-0.1, -0.05) is 20.3 Å². The lowest BCUT2D eigenvalue weighted by molar-refractivity contribution is -0.0777. The zero-order valence-corrected chi connectivity index (χ0v) is 14.8. The maximum atomic E-state index is 6.26. The van der Waals surface area contributed by atoms with E-state index in [-0.39, 0.29) is 5.60 Å². The van der Waals surface area contributed by atoms with Crippen LogP contribution < -0.4 is 5.32 Å². The Hall–Kier alpha value is -0.450. The van der Waals surface area contributed by atoms with Crippen LogP contribution >= 0.6 is 11.3 Å². The molecule has 1 aliphatic rings. The molecule has 0 saturated heterocycles. The topological polar surface area (TPSA) is 34.1 Å². The molecule has 0 atom stereocenters. The van der Waals surface area contributed by atoms with E-state index in [4.69, 9.17) is 9.72 Å². The predicted molar refractivity (Wildman–Crippen MR) is 89.8 cm³/mol. The minimum absolute atomic E-state index is 0.111. The van der Waals surface area contributed by atoms with E-state index < -0.39 is 0 Å². The average Bonchev–Trinajstić information content (AvgIpc) is 2.87. The highest BCUT2D eigenvalue weighted by molar-refractivity contribution is 7.11. The lowest BCUT2D eigenvalue weighted by Gasteiger charge is -2.37. The molecule has 3 nitrogen and oxygen atoms in total. The number of hydrogen-bond donors (Lipinski definition) is 1. The van der Waals surface area contributed by atoms with Gasteiger partial charge in [-0.25, -0.2) is 4.98 Å². The third-order valence-corrected chi connectivity index (χ3v) is 5.78. The number of aryl methyl sites for hydroxylation is 1. The van der Waals surface area contributed by atoms with Gasteiger partial charge >= 0.3 is 0 Å². The van der Waals surface area contributed by atoms with E-state index in [1.54, 1.807) is 0 Å². The van der Waals surface area contributed by atoms with Crippen LogP contribution in [0, 0.1) is 5.92 Å². The Morgan fingerprint density at radius 2 is 2.05 bits per heavy atom. The van der Waals surface area contributed by atoms with Crippen molar-refractivity contribution in [3.63, 3.8) is 0 Å². The summed E-state index contributed by atoms with van der Waals surface area (Å²) < 4.78 is 6.26. The fourth-order valence-electron chi connectivity index (χ4n) is 3.23. The molecule has 0 bridgehead atoms. The van der Waals surface area contributed by atoms with Crippen molar-refractivity contribution in [2.24, 2.45) is 5.92 Å². The molecule has 1 fully saturated rings. The molecular formula is C17H30N2OS. The van der Waals surface area contributed by atoms with Crippen LogP contribution in [0.1, 0.15) is 68.5 Å². The van der Waals surface area contributed by atoms with Gasteiger partial charge < -0.3 is 10.1 Å². The molecule has 2 rings (SSSR count). The maximum Gasteiger partial charge on any atom is 0.125 e. The quantitative estimate of drug-likeness (QED) is 0.817. The summed E-state index contributed by atoms with van der Waals surface area (Å²) in [5.74, 6) is 0.824. The number of nitrogens with one attached hydrogen (secondary N) is 1. The van der Waals surface area contributed by atoms with Crippen LogP contribution in [0.3, 0.4) is 0 Å². The Morgan fingerprint density at radius 1 is 1.33 bits per heavy atom. The molecule has 21 heavy (non-hydrogen) atoms. The zero-order valence-electron chi connectivity index (χ0n) is 14.0. The first kappa shape index (κ1) is 16.9. The first-order valence-electron chi connectivity index (χ1n) is 8.42. The monoisotopic (exact) mass is 310 g/mol. The van der Waals surface area contributed by atoms with Crippen LogP contribution in [0.2, 0.25) is 0 Å². The first-order valence-corrected chi connectivity index (χ1v) is 9.24. The molecule has 0 aromatic carbocycles. The molecule has 1 saturated carbocycles. The molecule has 0 unspecified atom stereocenters. The van der Waals surface area contributed by atoms with Crippen LogP contribution in [0.25, 0.3) is 0 Å². The highest BCUT2D eigenvalue weighted by Crippen LogP contribution is 2.44. The lowest BCUT2D eigenvalue weighted by Crippen LogP contribution is -2.34. The fourth-order valence-corrected chi connectivity index (χ4v) is 4.55. The van der Waals surface area contributed by atoms with Crippen molar-refractivity contribution in [2.75, 3.05) is 13.7 Å². The van der Waals surface area contributed by atoms with E-state index in [9.17, 15) is 0 Å². The largest absolute Gasteiger partial charge is 0.368 e. The molecular weight excluding hydrogens is 280 g/mol. The molecule has 1 heterocycles. The molecule has 1 aromatic heterocycles. The van der Waals surface area contributed by atoms with Crippen molar-refractivity contribution in [3.05, 3.63) is 15.6 Å². The number of nitrogens with zero attached hydrogens (tertiary/aromatic N) is 1. The van der Waals surface area contributed by atoms with Crippen molar-refractivity contribution in [2.45, 2.75) is 71.4 Å². The number of rotatable bonds is 7. The minimum atomic E-state index is -0.111. The molecule has 1 N–H and O–H groups in total. The Bertz CT molecular complexity index is 412. The molecule has 1 aliphatic carbocycles. The van der Waals surface area contributed by atoms with Gasteiger partial charge in [0.1, 0.15) is 10.6 Å². The number of ether oxygens (including phenoxy) is 1. The van der Waals surface area contributed by atoms with E-state index >= 15 is 0 Å². The smallest absolute Gasteiger partial charge is 0.125 e.